The number of carbonyl (C=O) groups excluding carboxylic acids is 4. The number of carbonyl (C=O) groups is 4. The molecule has 0 heterocycles. The molecule has 0 atom stereocenters. The molecular formula is C66H85FO10. The highest BCUT2D eigenvalue weighted by molar-refractivity contribution is 5.95. The number of rotatable bonds is 40. The van der Waals surface area contributed by atoms with Crippen LogP contribution in [0.3, 0.4) is 0 Å². The second-order valence-corrected chi connectivity index (χ2v) is 20.1. The molecule has 0 aliphatic rings. The third kappa shape index (κ3) is 25.0. The fourth-order valence-corrected chi connectivity index (χ4v) is 8.99. The van der Waals surface area contributed by atoms with E-state index in [1.807, 2.05) is 0 Å². The molecule has 0 unspecified atom stereocenters. The maximum atomic E-state index is 15.0. The number of hydrogen-bond donors (Lipinski definition) is 0. The minimum atomic E-state index is -0.897. The van der Waals surface area contributed by atoms with Crippen LogP contribution in [0, 0.1) is 5.82 Å². The summed E-state index contributed by atoms with van der Waals surface area (Å²) in [5, 5.41) is 0. The molecule has 5 rings (SSSR count). The summed E-state index contributed by atoms with van der Waals surface area (Å²) in [6.07, 6.45) is 36.0. The molecule has 0 bridgehead atoms. The van der Waals surface area contributed by atoms with Crippen molar-refractivity contribution in [2.45, 2.75) is 194 Å². The van der Waals surface area contributed by atoms with Crippen molar-refractivity contribution in [1.82, 2.24) is 0 Å². The minimum Gasteiger partial charge on any atom is -0.494 e. The fraction of sp³-hybridized carbons (Fsp3) is 0.485. The Morgan fingerprint density at radius 2 is 0.636 bits per heavy atom. The number of esters is 4. The van der Waals surface area contributed by atoms with E-state index in [4.69, 9.17) is 28.4 Å². The highest BCUT2D eigenvalue weighted by Gasteiger charge is 2.18. The molecule has 0 aromatic heterocycles. The zero-order valence-electron chi connectivity index (χ0n) is 46.1. The predicted molar refractivity (Wildman–Crippen MR) is 304 cm³/mol. The summed E-state index contributed by atoms with van der Waals surface area (Å²) in [4.78, 5) is 51.9. The maximum absolute atomic E-state index is 15.0. The van der Waals surface area contributed by atoms with Crippen molar-refractivity contribution in [3.8, 4) is 34.5 Å². The largest absolute Gasteiger partial charge is 0.494 e. The van der Waals surface area contributed by atoms with Crippen LogP contribution < -0.4 is 28.4 Å². The summed E-state index contributed by atoms with van der Waals surface area (Å²) < 4.78 is 48.6. The molecule has 11 heteroatoms. The van der Waals surface area contributed by atoms with Crippen LogP contribution in [0.5, 0.6) is 34.5 Å². The summed E-state index contributed by atoms with van der Waals surface area (Å²) in [6, 6.07) is 28.5. The molecule has 5 aromatic rings. The lowest BCUT2D eigenvalue weighted by Crippen LogP contribution is -2.12. The molecule has 0 saturated carbocycles. The molecule has 0 spiro atoms. The molecule has 0 saturated heterocycles. The van der Waals surface area contributed by atoms with Gasteiger partial charge in [-0.25, -0.2) is 23.6 Å². The summed E-state index contributed by atoms with van der Waals surface area (Å²) in [5.41, 5.74) is 0.267. The Hall–Kier alpha value is -6.49. The van der Waals surface area contributed by atoms with Gasteiger partial charge in [0.2, 0.25) is 0 Å². The summed E-state index contributed by atoms with van der Waals surface area (Å²) in [6.45, 7) is 5.63. The zero-order valence-corrected chi connectivity index (χ0v) is 46.1. The van der Waals surface area contributed by atoms with Crippen molar-refractivity contribution in [3.63, 3.8) is 0 Å². The summed E-state index contributed by atoms with van der Waals surface area (Å²) >= 11 is 0. The fourth-order valence-electron chi connectivity index (χ4n) is 8.99. The van der Waals surface area contributed by atoms with E-state index in [-0.39, 0.29) is 39.5 Å². The molecule has 0 radical (unpaired) electrons. The standard InChI is InChI=1S/C66H85FO10/c1-3-5-7-9-11-13-15-17-19-21-23-25-27-29-48-72-55-42-44-58(45-43-55)74-63(68)52-34-38-56(39-35-52)75-65(70)54-32-31-33-60(50-54)77-64(69)53-36-40-57(41-37-53)76-66(71)61-47-46-59(51-62(61)67)73-49-30-28-26-24-22-20-18-16-14-12-10-8-6-4-2/h31-47,50-51H,3-30,48-49H2,1-2H3. The van der Waals surface area contributed by atoms with Crippen molar-refractivity contribution >= 4 is 23.9 Å². The van der Waals surface area contributed by atoms with Crippen LogP contribution in [0.15, 0.2) is 115 Å². The van der Waals surface area contributed by atoms with E-state index in [0.717, 1.165) is 37.9 Å². The lowest BCUT2D eigenvalue weighted by molar-refractivity contribution is 0.0712. The van der Waals surface area contributed by atoms with Gasteiger partial charge in [0.15, 0.2) is 0 Å². The van der Waals surface area contributed by atoms with Crippen LogP contribution in [-0.2, 0) is 0 Å². The first-order valence-electron chi connectivity index (χ1n) is 29.1. The van der Waals surface area contributed by atoms with E-state index in [0.29, 0.717) is 24.7 Å². The van der Waals surface area contributed by atoms with Gasteiger partial charge in [-0.05, 0) is 116 Å². The van der Waals surface area contributed by atoms with Gasteiger partial charge in [-0.15, -0.1) is 0 Å². The molecule has 10 nitrogen and oxygen atoms in total. The number of unbranched alkanes of at least 4 members (excludes halogenated alkanes) is 26. The van der Waals surface area contributed by atoms with E-state index in [1.165, 1.54) is 227 Å². The topological polar surface area (TPSA) is 124 Å². The van der Waals surface area contributed by atoms with Crippen LogP contribution in [0.25, 0.3) is 0 Å². The van der Waals surface area contributed by atoms with Crippen LogP contribution in [-0.4, -0.2) is 37.1 Å². The monoisotopic (exact) mass is 1060 g/mol. The molecule has 5 aromatic carbocycles. The smallest absolute Gasteiger partial charge is 0.346 e. The van der Waals surface area contributed by atoms with E-state index >= 15 is 0 Å². The number of hydrogen-bond acceptors (Lipinski definition) is 10. The minimum absolute atomic E-state index is 0.0881. The first-order chi connectivity index (χ1) is 37.7. The van der Waals surface area contributed by atoms with Gasteiger partial charge in [0.1, 0.15) is 40.3 Å². The molecular weight excluding hydrogens is 972 g/mol. The van der Waals surface area contributed by atoms with Crippen molar-refractivity contribution < 1.29 is 52.0 Å². The van der Waals surface area contributed by atoms with Crippen molar-refractivity contribution in [3.05, 3.63) is 143 Å². The zero-order chi connectivity index (χ0) is 54.6. The highest BCUT2D eigenvalue weighted by Crippen LogP contribution is 2.25. The lowest BCUT2D eigenvalue weighted by atomic mass is 10.0. The van der Waals surface area contributed by atoms with Gasteiger partial charge in [0, 0.05) is 6.07 Å². The third-order valence-corrected chi connectivity index (χ3v) is 13.6. The Bertz CT molecular complexity index is 2450. The molecule has 416 valence electrons. The number of halogens is 1. The normalized spacial score (nSPS) is 11.0. The average Bonchev–Trinajstić information content (AvgIpc) is 3.44. The van der Waals surface area contributed by atoms with Crippen LogP contribution in [0.1, 0.15) is 235 Å². The third-order valence-electron chi connectivity index (χ3n) is 13.6. The van der Waals surface area contributed by atoms with Crippen LogP contribution in [0.2, 0.25) is 0 Å². The van der Waals surface area contributed by atoms with Crippen molar-refractivity contribution in [2.75, 3.05) is 13.2 Å². The number of ether oxygens (including phenoxy) is 6. The second kappa shape index (κ2) is 37.3. The Labute approximate surface area is 458 Å². The number of benzene rings is 5. The second-order valence-electron chi connectivity index (χ2n) is 20.1. The Kier molecular flexibility index (Phi) is 29.7. The van der Waals surface area contributed by atoms with Gasteiger partial charge in [-0.1, -0.05) is 187 Å². The van der Waals surface area contributed by atoms with Gasteiger partial charge in [-0.3, -0.25) is 0 Å². The Morgan fingerprint density at radius 1 is 0.312 bits per heavy atom. The highest BCUT2D eigenvalue weighted by atomic mass is 19.1. The van der Waals surface area contributed by atoms with Crippen LogP contribution >= 0.6 is 0 Å². The van der Waals surface area contributed by atoms with Crippen molar-refractivity contribution in [2.24, 2.45) is 0 Å². The summed E-state index contributed by atoms with van der Waals surface area (Å²) in [7, 11) is 0. The molecule has 0 N–H and O–H groups in total. The molecule has 0 aliphatic heterocycles. The first-order valence-corrected chi connectivity index (χ1v) is 29.1. The SMILES string of the molecule is CCCCCCCCCCCCCCCCOc1ccc(OC(=O)c2ccc(OC(=O)c3cccc(OC(=O)c4ccc(OC(=O)c5ccc(OCCCCCCCCCCCCCCCC)cc5F)cc4)c3)cc2)cc1. The van der Waals surface area contributed by atoms with Gasteiger partial charge in [0.05, 0.1) is 35.5 Å². The average molecular weight is 1060 g/mol. The predicted octanol–water partition coefficient (Wildman–Crippen LogP) is 18.4. The van der Waals surface area contributed by atoms with E-state index < -0.39 is 29.7 Å². The van der Waals surface area contributed by atoms with E-state index in [1.54, 1.807) is 36.4 Å². The van der Waals surface area contributed by atoms with Gasteiger partial charge in [0.25, 0.3) is 0 Å². The Balaban J connectivity index is 0.937. The van der Waals surface area contributed by atoms with E-state index in [2.05, 4.69) is 13.8 Å². The Morgan fingerprint density at radius 3 is 1.05 bits per heavy atom. The molecule has 0 aliphatic carbocycles. The van der Waals surface area contributed by atoms with Crippen LogP contribution in [0.4, 0.5) is 4.39 Å². The molecule has 77 heavy (non-hydrogen) atoms. The van der Waals surface area contributed by atoms with Gasteiger partial charge in [-0.2, -0.15) is 0 Å². The lowest BCUT2D eigenvalue weighted by Gasteiger charge is -2.10. The van der Waals surface area contributed by atoms with Gasteiger partial charge < -0.3 is 28.4 Å². The maximum Gasteiger partial charge on any atom is 0.346 e. The first kappa shape index (κ1) is 61.4. The van der Waals surface area contributed by atoms with Crippen molar-refractivity contribution in [1.29, 1.82) is 0 Å². The van der Waals surface area contributed by atoms with E-state index in [9.17, 15) is 23.6 Å². The van der Waals surface area contributed by atoms with Gasteiger partial charge >= 0.3 is 23.9 Å². The summed E-state index contributed by atoms with van der Waals surface area (Å²) in [5.74, 6) is -1.86. The quantitative estimate of drug-likeness (QED) is 0.0213. The molecule has 0 fully saturated rings. The molecule has 0 amide bonds.